The Balaban J connectivity index is 2.26. The van der Waals surface area contributed by atoms with Crippen molar-refractivity contribution in [3.8, 4) is 0 Å². The van der Waals surface area contributed by atoms with Gasteiger partial charge in [0.15, 0.2) is 12.2 Å². The Kier molecular flexibility index (Phi) is 2.23. The molecule has 0 bridgehead atoms. The van der Waals surface area contributed by atoms with Crippen molar-refractivity contribution in [3.05, 3.63) is 48.6 Å². The van der Waals surface area contributed by atoms with E-state index in [0.717, 1.165) is 5.56 Å². The highest BCUT2D eigenvalue weighted by Gasteiger charge is 2.35. The van der Waals surface area contributed by atoms with Crippen LogP contribution in [0.1, 0.15) is 11.7 Å². The molecule has 14 heavy (non-hydrogen) atoms. The normalized spacial score (nSPS) is 25.3. The molecule has 3 heteroatoms. The zero-order valence-corrected chi connectivity index (χ0v) is 7.55. The van der Waals surface area contributed by atoms with Crippen LogP contribution in [0.5, 0.6) is 0 Å². The van der Waals surface area contributed by atoms with Crippen molar-refractivity contribution in [2.24, 2.45) is 0 Å². The second kappa shape index (κ2) is 3.54. The molecule has 0 N–H and O–H groups in total. The summed E-state index contributed by atoms with van der Waals surface area (Å²) in [6.45, 7) is 3.60. The van der Waals surface area contributed by atoms with Crippen molar-refractivity contribution >= 4 is 6.16 Å². The van der Waals surface area contributed by atoms with Gasteiger partial charge in [-0.25, -0.2) is 4.79 Å². The Bertz CT molecular complexity index is 345. The van der Waals surface area contributed by atoms with Crippen molar-refractivity contribution in [2.75, 3.05) is 0 Å². The summed E-state index contributed by atoms with van der Waals surface area (Å²) in [4.78, 5) is 10.9. The van der Waals surface area contributed by atoms with Gasteiger partial charge in [-0.05, 0) is 11.6 Å². The number of rotatable bonds is 2. The lowest BCUT2D eigenvalue weighted by atomic mass is 10.1. The number of carbonyl (C=O) groups excluding carboxylic acids is 1. The summed E-state index contributed by atoms with van der Waals surface area (Å²) < 4.78 is 9.92. The molecule has 0 aromatic heterocycles. The van der Waals surface area contributed by atoms with Gasteiger partial charge in [-0.15, -0.1) is 0 Å². The van der Waals surface area contributed by atoms with Gasteiger partial charge in [0.2, 0.25) is 0 Å². The second-order valence-electron chi connectivity index (χ2n) is 3.02. The monoisotopic (exact) mass is 190 g/mol. The molecular formula is C11H10O3. The van der Waals surface area contributed by atoms with Crippen LogP contribution >= 0.6 is 0 Å². The van der Waals surface area contributed by atoms with E-state index in [4.69, 9.17) is 9.47 Å². The molecule has 1 heterocycles. The van der Waals surface area contributed by atoms with Gasteiger partial charge in [-0.3, -0.25) is 0 Å². The Labute approximate surface area is 81.9 Å². The molecule has 3 nitrogen and oxygen atoms in total. The van der Waals surface area contributed by atoms with E-state index in [1.54, 1.807) is 6.08 Å². The van der Waals surface area contributed by atoms with Crippen LogP contribution in [0.2, 0.25) is 0 Å². The van der Waals surface area contributed by atoms with E-state index >= 15 is 0 Å². The fourth-order valence-corrected chi connectivity index (χ4v) is 1.44. The summed E-state index contributed by atoms with van der Waals surface area (Å²) in [5.41, 5.74) is 0.920. The molecule has 1 aromatic carbocycles. The van der Waals surface area contributed by atoms with Gasteiger partial charge in [0, 0.05) is 0 Å². The highest BCUT2D eigenvalue weighted by atomic mass is 16.8. The Morgan fingerprint density at radius 2 is 1.93 bits per heavy atom. The summed E-state index contributed by atoms with van der Waals surface area (Å²) in [5.74, 6) is 0. The predicted molar refractivity (Wildman–Crippen MR) is 50.7 cm³/mol. The van der Waals surface area contributed by atoms with E-state index in [0.29, 0.717) is 0 Å². The first-order chi connectivity index (χ1) is 6.81. The number of cyclic esters (lactones) is 2. The van der Waals surface area contributed by atoms with E-state index in [-0.39, 0.29) is 12.2 Å². The molecule has 0 aliphatic carbocycles. The van der Waals surface area contributed by atoms with Gasteiger partial charge in [-0.2, -0.15) is 0 Å². The molecule has 2 unspecified atom stereocenters. The van der Waals surface area contributed by atoms with Gasteiger partial charge < -0.3 is 9.47 Å². The summed E-state index contributed by atoms with van der Waals surface area (Å²) in [6, 6.07) is 9.47. The quantitative estimate of drug-likeness (QED) is 0.530. The van der Waals surface area contributed by atoms with Crippen molar-refractivity contribution in [1.82, 2.24) is 0 Å². The van der Waals surface area contributed by atoms with E-state index in [1.165, 1.54) is 0 Å². The second-order valence-corrected chi connectivity index (χ2v) is 3.02. The Morgan fingerprint density at radius 1 is 1.21 bits per heavy atom. The van der Waals surface area contributed by atoms with Gasteiger partial charge in [0.1, 0.15) is 0 Å². The molecule has 1 aliphatic heterocycles. The van der Waals surface area contributed by atoms with Crippen molar-refractivity contribution in [2.45, 2.75) is 12.2 Å². The van der Waals surface area contributed by atoms with Gasteiger partial charge in [-0.1, -0.05) is 36.9 Å². The fourth-order valence-electron chi connectivity index (χ4n) is 1.44. The molecule has 0 amide bonds. The molecule has 2 atom stereocenters. The maximum absolute atomic E-state index is 10.9. The molecule has 72 valence electrons. The van der Waals surface area contributed by atoms with Crippen LogP contribution in [0.25, 0.3) is 0 Å². The number of hydrogen-bond donors (Lipinski definition) is 0. The number of carbonyl (C=O) groups is 1. The average Bonchev–Trinajstić information content (AvgIpc) is 2.61. The summed E-state index contributed by atoms with van der Waals surface area (Å²) in [5, 5.41) is 0. The van der Waals surface area contributed by atoms with Gasteiger partial charge >= 0.3 is 6.16 Å². The minimum Gasteiger partial charge on any atom is -0.422 e. The first-order valence-corrected chi connectivity index (χ1v) is 4.36. The van der Waals surface area contributed by atoms with Crippen molar-refractivity contribution in [1.29, 1.82) is 0 Å². The molecule has 1 saturated heterocycles. The summed E-state index contributed by atoms with van der Waals surface area (Å²) >= 11 is 0. The third-order valence-corrected chi connectivity index (χ3v) is 2.11. The maximum Gasteiger partial charge on any atom is 0.509 e. The maximum atomic E-state index is 10.9. The largest absolute Gasteiger partial charge is 0.509 e. The van der Waals surface area contributed by atoms with Crippen LogP contribution in [0.15, 0.2) is 43.0 Å². The highest BCUT2D eigenvalue weighted by molar-refractivity contribution is 5.63. The molecule has 0 spiro atoms. The van der Waals surface area contributed by atoms with E-state index < -0.39 is 6.16 Å². The molecule has 0 radical (unpaired) electrons. The zero-order valence-electron chi connectivity index (χ0n) is 7.55. The van der Waals surface area contributed by atoms with E-state index in [1.807, 2.05) is 30.3 Å². The molecular weight excluding hydrogens is 180 g/mol. The first kappa shape index (κ1) is 8.81. The summed E-state index contributed by atoms with van der Waals surface area (Å²) in [7, 11) is 0. The molecule has 1 fully saturated rings. The van der Waals surface area contributed by atoms with Crippen LogP contribution in [0.4, 0.5) is 4.79 Å². The average molecular weight is 190 g/mol. The lowest BCUT2D eigenvalue weighted by molar-refractivity contribution is 0.117. The van der Waals surface area contributed by atoms with Crippen molar-refractivity contribution < 1.29 is 14.3 Å². The van der Waals surface area contributed by atoms with Gasteiger partial charge in [0.05, 0.1) is 0 Å². The predicted octanol–water partition coefficient (Wildman–Crippen LogP) is 2.45. The molecule has 2 rings (SSSR count). The van der Waals surface area contributed by atoms with Crippen LogP contribution < -0.4 is 0 Å². The Hall–Kier alpha value is -1.77. The zero-order chi connectivity index (χ0) is 9.97. The third kappa shape index (κ3) is 1.48. The molecule has 1 aromatic rings. The molecule has 0 saturated carbocycles. The number of ether oxygens (including phenoxy) is 2. The standard InChI is InChI=1S/C11H10O3/c1-2-9-10(14-11(12)13-9)8-6-4-3-5-7-8/h2-7,9-10H,1H2. The topological polar surface area (TPSA) is 35.5 Å². The van der Waals surface area contributed by atoms with E-state index in [9.17, 15) is 4.79 Å². The van der Waals surface area contributed by atoms with Crippen LogP contribution in [0, 0.1) is 0 Å². The highest BCUT2D eigenvalue weighted by Crippen LogP contribution is 2.30. The smallest absolute Gasteiger partial charge is 0.422 e. The van der Waals surface area contributed by atoms with Crippen LogP contribution in [-0.4, -0.2) is 12.3 Å². The minimum absolute atomic E-state index is 0.360. The van der Waals surface area contributed by atoms with E-state index in [2.05, 4.69) is 6.58 Å². The summed E-state index contributed by atoms with van der Waals surface area (Å²) in [6.07, 6.45) is 0.192. The minimum atomic E-state index is -0.635. The third-order valence-electron chi connectivity index (χ3n) is 2.11. The lowest BCUT2D eigenvalue weighted by Crippen LogP contribution is -2.11. The van der Waals surface area contributed by atoms with Crippen molar-refractivity contribution in [3.63, 3.8) is 0 Å². The Morgan fingerprint density at radius 3 is 2.57 bits per heavy atom. The number of hydrogen-bond acceptors (Lipinski definition) is 3. The van der Waals surface area contributed by atoms with Crippen LogP contribution in [-0.2, 0) is 9.47 Å². The van der Waals surface area contributed by atoms with Crippen LogP contribution in [0.3, 0.4) is 0 Å². The fraction of sp³-hybridized carbons (Fsp3) is 0.182. The first-order valence-electron chi connectivity index (χ1n) is 4.36. The number of benzene rings is 1. The van der Waals surface area contributed by atoms with Gasteiger partial charge in [0.25, 0.3) is 0 Å². The molecule has 1 aliphatic rings. The lowest BCUT2D eigenvalue weighted by Gasteiger charge is -2.11. The SMILES string of the molecule is C=CC1OC(=O)OC1c1ccccc1.